The lowest BCUT2D eigenvalue weighted by Crippen LogP contribution is -2.16. The zero-order valence-corrected chi connectivity index (χ0v) is 17.9. The summed E-state index contributed by atoms with van der Waals surface area (Å²) in [5.74, 6) is 0.00495. The Morgan fingerprint density at radius 3 is 2.83 bits per heavy atom. The Morgan fingerprint density at radius 2 is 2.00 bits per heavy atom. The second-order valence-electron chi connectivity index (χ2n) is 7.44. The number of nitrogens with zero attached hydrogens (tertiary/aromatic N) is 2. The maximum absolute atomic E-state index is 12.9. The first-order valence-corrected chi connectivity index (χ1v) is 12.0. The van der Waals surface area contributed by atoms with Crippen LogP contribution < -0.4 is 4.72 Å². The number of ketones is 1. The third-order valence-corrected chi connectivity index (χ3v) is 7.68. The normalized spacial score (nSPS) is 14.1. The minimum absolute atomic E-state index is 0.00495. The van der Waals surface area contributed by atoms with Crippen LogP contribution in [0.3, 0.4) is 0 Å². The Hall–Kier alpha value is -2.97. The lowest BCUT2D eigenvalue weighted by atomic mass is 9.91. The predicted octanol–water partition coefficient (Wildman–Crippen LogP) is 4.69. The molecule has 0 saturated carbocycles. The zero-order chi connectivity index (χ0) is 20.9. The van der Waals surface area contributed by atoms with Gasteiger partial charge in [0.1, 0.15) is 0 Å². The molecule has 0 bridgehead atoms. The number of thiazole rings is 1. The minimum atomic E-state index is -3.82. The van der Waals surface area contributed by atoms with E-state index in [4.69, 9.17) is 0 Å². The smallest absolute Gasteiger partial charge is 0.261 e. The highest BCUT2D eigenvalue weighted by Crippen LogP contribution is 2.28. The number of nitrogens with one attached hydrogen (secondary N) is 1. The minimum Gasteiger partial charge on any atom is -0.294 e. The van der Waals surface area contributed by atoms with Crippen LogP contribution in [-0.2, 0) is 16.4 Å². The molecule has 1 N–H and O–H groups in total. The molecule has 2 aromatic carbocycles. The Balaban J connectivity index is 1.46. The first-order valence-electron chi connectivity index (χ1n) is 9.63. The monoisotopic (exact) mass is 437 g/mol. The maximum atomic E-state index is 12.9. The van der Waals surface area contributed by atoms with E-state index in [2.05, 4.69) is 9.71 Å². The van der Waals surface area contributed by atoms with Gasteiger partial charge in [-0.2, -0.15) is 0 Å². The van der Waals surface area contributed by atoms with E-state index in [-0.39, 0.29) is 10.7 Å². The lowest BCUT2D eigenvalue weighted by Gasteiger charge is -2.16. The van der Waals surface area contributed by atoms with Gasteiger partial charge in [-0.1, -0.05) is 18.2 Å². The molecule has 0 fully saturated rings. The highest BCUT2D eigenvalue weighted by atomic mass is 32.2. The van der Waals surface area contributed by atoms with E-state index in [1.54, 1.807) is 41.7 Å². The molecule has 0 unspecified atom stereocenters. The van der Waals surface area contributed by atoms with Crippen molar-refractivity contribution in [3.63, 3.8) is 0 Å². The van der Waals surface area contributed by atoms with Gasteiger partial charge in [-0.15, -0.1) is 11.3 Å². The molecule has 8 heteroatoms. The second kappa shape index (κ2) is 7.07. The van der Waals surface area contributed by atoms with Gasteiger partial charge in [-0.05, 0) is 49.6 Å². The standard InChI is InChI=1S/C22H19N3O3S2/c1-14-13-29-22-23-20(12-25(14)22)16-5-2-6-17(10-16)24-30(27,28)18-9-8-15-4-3-7-21(26)19(15)11-18/h2,5-6,8-13,24H,3-4,7H2,1H3. The summed E-state index contributed by atoms with van der Waals surface area (Å²) in [5.41, 5.74) is 4.60. The number of carbonyl (C=O) groups is 1. The van der Waals surface area contributed by atoms with Gasteiger partial charge in [0.15, 0.2) is 10.7 Å². The molecule has 6 nitrogen and oxygen atoms in total. The zero-order valence-electron chi connectivity index (χ0n) is 16.3. The van der Waals surface area contributed by atoms with Crippen molar-refractivity contribution in [3.8, 4) is 11.3 Å². The van der Waals surface area contributed by atoms with Crippen LogP contribution in [0.25, 0.3) is 16.2 Å². The molecule has 0 radical (unpaired) electrons. The van der Waals surface area contributed by atoms with E-state index < -0.39 is 10.0 Å². The summed E-state index contributed by atoms with van der Waals surface area (Å²) in [5, 5.41) is 2.04. The van der Waals surface area contributed by atoms with Crippen LogP contribution in [0.1, 0.15) is 34.5 Å². The summed E-state index contributed by atoms with van der Waals surface area (Å²) in [6.45, 7) is 2.02. The van der Waals surface area contributed by atoms with Crippen LogP contribution in [0.5, 0.6) is 0 Å². The van der Waals surface area contributed by atoms with Crippen LogP contribution in [0.15, 0.2) is 58.9 Å². The summed E-state index contributed by atoms with van der Waals surface area (Å²) in [6.07, 6.45) is 4.03. The largest absolute Gasteiger partial charge is 0.294 e. The number of imidazole rings is 1. The number of anilines is 1. The van der Waals surface area contributed by atoms with E-state index in [0.717, 1.165) is 40.3 Å². The summed E-state index contributed by atoms with van der Waals surface area (Å²) < 4.78 is 30.5. The highest BCUT2D eigenvalue weighted by molar-refractivity contribution is 7.92. The van der Waals surface area contributed by atoms with Gasteiger partial charge in [-0.3, -0.25) is 13.9 Å². The second-order valence-corrected chi connectivity index (χ2v) is 9.96. The van der Waals surface area contributed by atoms with Crippen LogP contribution in [-0.4, -0.2) is 23.6 Å². The lowest BCUT2D eigenvalue weighted by molar-refractivity contribution is 0.0972. The predicted molar refractivity (Wildman–Crippen MR) is 118 cm³/mol. The number of rotatable bonds is 4. The maximum Gasteiger partial charge on any atom is 0.261 e. The van der Waals surface area contributed by atoms with Crippen molar-refractivity contribution in [2.75, 3.05) is 4.72 Å². The molecule has 152 valence electrons. The molecule has 0 aliphatic heterocycles. The molecule has 0 saturated heterocycles. The summed E-state index contributed by atoms with van der Waals surface area (Å²) in [6, 6.07) is 12.0. The molecule has 1 aliphatic rings. The fraction of sp³-hybridized carbons (Fsp3) is 0.182. The SMILES string of the molecule is Cc1csc2nc(-c3cccc(NS(=O)(=O)c4ccc5c(c4)C(=O)CCC5)c3)cn12. The van der Waals surface area contributed by atoms with E-state index in [9.17, 15) is 13.2 Å². The van der Waals surface area contributed by atoms with Crippen LogP contribution in [0.4, 0.5) is 5.69 Å². The average Bonchev–Trinajstić information content (AvgIpc) is 3.30. The van der Waals surface area contributed by atoms with Crippen LogP contribution >= 0.6 is 11.3 Å². The molecule has 0 amide bonds. The molecular weight excluding hydrogens is 418 g/mol. The number of sulfonamides is 1. The van der Waals surface area contributed by atoms with E-state index in [1.165, 1.54) is 6.07 Å². The van der Waals surface area contributed by atoms with Crippen molar-refractivity contribution in [1.82, 2.24) is 9.38 Å². The first kappa shape index (κ1) is 19.0. The Morgan fingerprint density at radius 1 is 1.13 bits per heavy atom. The van der Waals surface area contributed by atoms with Gasteiger partial charge in [-0.25, -0.2) is 13.4 Å². The van der Waals surface area contributed by atoms with Crippen molar-refractivity contribution in [2.45, 2.75) is 31.1 Å². The number of Topliss-reactive ketones (excluding diaryl/α,β-unsaturated/α-hetero) is 1. The van der Waals surface area contributed by atoms with Crippen molar-refractivity contribution < 1.29 is 13.2 Å². The highest BCUT2D eigenvalue weighted by Gasteiger charge is 2.22. The quantitative estimate of drug-likeness (QED) is 0.502. The van der Waals surface area contributed by atoms with Gasteiger partial charge < -0.3 is 0 Å². The van der Waals surface area contributed by atoms with Crippen LogP contribution in [0.2, 0.25) is 0 Å². The van der Waals surface area contributed by atoms with E-state index in [1.807, 2.05) is 29.0 Å². The number of fused-ring (bicyclic) bond motifs is 2. The first-order chi connectivity index (χ1) is 14.4. The third-order valence-electron chi connectivity index (χ3n) is 5.34. The number of aromatic nitrogens is 2. The summed E-state index contributed by atoms with van der Waals surface area (Å²) in [4.78, 5) is 17.8. The van der Waals surface area contributed by atoms with Gasteiger partial charge >= 0.3 is 0 Å². The van der Waals surface area contributed by atoms with Crippen LogP contribution in [0, 0.1) is 6.92 Å². The van der Waals surface area contributed by atoms with E-state index in [0.29, 0.717) is 17.7 Å². The molecular formula is C22H19N3O3S2. The van der Waals surface area contributed by atoms with Crippen molar-refractivity contribution in [1.29, 1.82) is 0 Å². The van der Waals surface area contributed by atoms with Crippen molar-refractivity contribution in [2.24, 2.45) is 0 Å². The molecule has 2 aromatic heterocycles. The Bertz CT molecular complexity index is 1400. The van der Waals surface area contributed by atoms with Gasteiger partial charge in [0.05, 0.1) is 10.6 Å². The molecule has 2 heterocycles. The number of hydrogen-bond donors (Lipinski definition) is 1. The fourth-order valence-corrected chi connectivity index (χ4v) is 5.69. The van der Waals surface area contributed by atoms with Gasteiger partial charge in [0, 0.05) is 40.5 Å². The fourth-order valence-electron chi connectivity index (χ4n) is 3.76. The van der Waals surface area contributed by atoms with E-state index >= 15 is 0 Å². The number of benzene rings is 2. The summed E-state index contributed by atoms with van der Waals surface area (Å²) >= 11 is 1.57. The molecule has 30 heavy (non-hydrogen) atoms. The van der Waals surface area contributed by atoms with Crippen molar-refractivity contribution in [3.05, 3.63) is 70.9 Å². The topological polar surface area (TPSA) is 80.5 Å². The molecule has 1 aliphatic carbocycles. The van der Waals surface area contributed by atoms with Gasteiger partial charge in [0.25, 0.3) is 10.0 Å². The number of carbonyl (C=O) groups excluding carboxylic acids is 1. The Labute approximate surface area is 178 Å². The molecule has 5 rings (SSSR count). The molecule has 0 atom stereocenters. The van der Waals surface area contributed by atoms with Gasteiger partial charge in [0.2, 0.25) is 0 Å². The number of aryl methyl sites for hydroxylation is 2. The average molecular weight is 438 g/mol. The Kier molecular flexibility index (Phi) is 4.48. The molecule has 4 aromatic rings. The summed E-state index contributed by atoms with van der Waals surface area (Å²) in [7, 11) is -3.82. The molecule has 0 spiro atoms. The van der Waals surface area contributed by atoms with Crippen molar-refractivity contribution >= 4 is 37.8 Å². The number of hydrogen-bond acceptors (Lipinski definition) is 5. The third kappa shape index (κ3) is 3.32.